The molecule has 2 rings (SSSR count). The molecule has 20 heavy (non-hydrogen) atoms. The average molecular weight is 275 g/mol. The summed E-state index contributed by atoms with van der Waals surface area (Å²) in [5, 5.41) is 2.82. The third-order valence-corrected chi connectivity index (χ3v) is 3.28. The highest BCUT2D eigenvalue weighted by Gasteiger charge is 2.33. The highest BCUT2D eigenvalue weighted by molar-refractivity contribution is 6.10. The van der Waals surface area contributed by atoms with Gasteiger partial charge in [-0.15, -0.1) is 0 Å². The van der Waals surface area contributed by atoms with E-state index in [4.69, 9.17) is 0 Å². The summed E-state index contributed by atoms with van der Waals surface area (Å²) in [5.41, 5.74) is 1.58. The maximum atomic E-state index is 12.3. The standard InChI is InChI=1S/C15H21N3O2/c1-4-9-16-15(20)17-10-14(19)18(11(2)3)13-8-6-5-7-12(13)17/h5-8,11H,4,9-10H2,1-3H3,(H,16,20). The van der Waals surface area contributed by atoms with E-state index in [0.717, 1.165) is 17.8 Å². The van der Waals surface area contributed by atoms with Crippen LogP contribution in [0.5, 0.6) is 0 Å². The van der Waals surface area contributed by atoms with Crippen molar-refractivity contribution in [2.75, 3.05) is 22.9 Å². The molecule has 0 unspecified atom stereocenters. The lowest BCUT2D eigenvalue weighted by atomic mass is 10.1. The number of rotatable bonds is 3. The molecular weight excluding hydrogens is 254 g/mol. The number of nitrogens with one attached hydrogen (secondary N) is 1. The van der Waals surface area contributed by atoms with Crippen LogP contribution >= 0.6 is 0 Å². The first kappa shape index (κ1) is 14.4. The van der Waals surface area contributed by atoms with Crippen molar-refractivity contribution in [2.45, 2.75) is 33.2 Å². The van der Waals surface area contributed by atoms with E-state index < -0.39 is 0 Å². The summed E-state index contributed by atoms with van der Waals surface area (Å²) in [6.07, 6.45) is 0.868. The Bertz CT molecular complexity index is 514. The van der Waals surface area contributed by atoms with E-state index in [1.54, 1.807) is 4.90 Å². The highest BCUT2D eigenvalue weighted by atomic mass is 16.2. The fraction of sp³-hybridized carbons (Fsp3) is 0.467. The molecule has 0 saturated carbocycles. The molecule has 0 atom stereocenters. The van der Waals surface area contributed by atoms with Gasteiger partial charge in [0.1, 0.15) is 6.54 Å². The quantitative estimate of drug-likeness (QED) is 0.920. The summed E-state index contributed by atoms with van der Waals surface area (Å²) in [5.74, 6) is -0.0506. The van der Waals surface area contributed by atoms with Crippen molar-refractivity contribution in [3.8, 4) is 0 Å². The van der Waals surface area contributed by atoms with Crippen molar-refractivity contribution in [2.24, 2.45) is 0 Å². The van der Waals surface area contributed by atoms with Gasteiger partial charge in [-0.3, -0.25) is 9.69 Å². The van der Waals surface area contributed by atoms with Crippen LogP contribution in [0.15, 0.2) is 24.3 Å². The first-order valence-electron chi connectivity index (χ1n) is 7.02. The second kappa shape index (κ2) is 5.94. The van der Waals surface area contributed by atoms with Crippen molar-refractivity contribution >= 4 is 23.3 Å². The van der Waals surface area contributed by atoms with Gasteiger partial charge < -0.3 is 10.2 Å². The molecule has 1 aliphatic rings. The number of carbonyl (C=O) groups is 2. The smallest absolute Gasteiger partial charge is 0.322 e. The number of amides is 3. The lowest BCUT2D eigenvalue weighted by Gasteiger charge is -2.38. The van der Waals surface area contributed by atoms with Crippen LogP contribution in [-0.2, 0) is 4.79 Å². The fourth-order valence-electron chi connectivity index (χ4n) is 2.40. The number of nitrogens with zero attached hydrogens (tertiary/aromatic N) is 2. The van der Waals surface area contributed by atoms with E-state index in [-0.39, 0.29) is 24.5 Å². The van der Waals surface area contributed by atoms with E-state index in [1.807, 2.05) is 45.0 Å². The number of benzene rings is 1. The van der Waals surface area contributed by atoms with Gasteiger partial charge in [0.25, 0.3) is 0 Å². The first-order chi connectivity index (χ1) is 9.56. The van der Waals surface area contributed by atoms with Crippen LogP contribution in [0.25, 0.3) is 0 Å². The zero-order valence-corrected chi connectivity index (χ0v) is 12.2. The SMILES string of the molecule is CCCNC(=O)N1CC(=O)N(C(C)C)c2ccccc21. The van der Waals surface area contributed by atoms with Gasteiger partial charge in [-0.1, -0.05) is 19.1 Å². The number of hydrogen-bond donors (Lipinski definition) is 1. The Morgan fingerprint density at radius 3 is 2.55 bits per heavy atom. The Hall–Kier alpha value is -2.04. The van der Waals surface area contributed by atoms with Crippen LogP contribution in [0.1, 0.15) is 27.2 Å². The topological polar surface area (TPSA) is 52.7 Å². The summed E-state index contributed by atoms with van der Waals surface area (Å²) >= 11 is 0. The third kappa shape index (κ3) is 2.61. The van der Waals surface area contributed by atoms with Gasteiger partial charge in [0.05, 0.1) is 11.4 Å². The average Bonchev–Trinajstić information content (AvgIpc) is 2.43. The minimum atomic E-state index is -0.212. The van der Waals surface area contributed by atoms with Crippen molar-refractivity contribution in [1.29, 1.82) is 0 Å². The minimum absolute atomic E-state index is 0.0506. The van der Waals surface area contributed by atoms with E-state index in [0.29, 0.717) is 6.54 Å². The van der Waals surface area contributed by atoms with Gasteiger partial charge in [-0.2, -0.15) is 0 Å². The molecule has 0 radical (unpaired) electrons. The summed E-state index contributed by atoms with van der Waals surface area (Å²) in [7, 11) is 0. The van der Waals surface area contributed by atoms with Crippen molar-refractivity contribution in [3.05, 3.63) is 24.3 Å². The second-order valence-corrected chi connectivity index (χ2v) is 5.16. The summed E-state index contributed by atoms with van der Waals surface area (Å²) in [6.45, 7) is 6.64. The molecule has 0 bridgehead atoms. The van der Waals surface area contributed by atoms with Crippen LogP contribution in [-0.4, -0.2) is 31.1 Å². The number of fused-ring (bicyclic) bond motifs is 1. The van der Waals surface area contributed by atoms with Crippen molar-refractivity contribution in [3.63, 3.8) is 0 Å². The molecular formula is C15H21N3O2. The maximum Gasteiger partial charge on any atom is 0.322 e. The van der Waals surface area contributed by atoms with Crippen LogP contribution in [0.3, 0.4) is 0 Å². The largest absolute Gasteiger partial charge is 0.338 e. The molecule has 1 N–H and O–H groups in total. The number of anilines is 2. The van der Waals surface area contributed by atoms with Gasteiger partial charge in [0.15, 0.2) is 0 Å². The van der Waals surface area contributed by atoms with Crippen LogP contribution < -0.4 is 15.1 Å². The molecule has 1 aromatic rings. The van der Waals surface area contributed by atoms with Gasteiger partial charge in [-0.25, -0.2) is 4.79 Å². The Morgan fingerprint density at radius 1 is 1.30 bits per heavy atom. The number of carbonyl (C=O) groups excluding carboxylic acids is 2. The Balaban J connectivity index is 2.35. The highest BCUT2D eigenvalue weighted by Crippen LogP contribution is 2.34. The van der Waals surface area contributed by atoms with E-state index >= 15 is 0 Å². The van der Waals surface area contributed by atoms with Crippen LogP contribution in [0.4, 0.5) is 16.2 Å². The molecule has 0 aliphatic carbocycles. The molecule has 0 spiro atoms. The lowest BCUT2D eigenvalue weighted by Crippen LogP contribution is -2.53. The summed E-state index contributed by atoms with van der Waals surface area (Å²) in [4.78, 5) is 27.7. The molecule has 5 nitrogen and oxygen atoms in total. The number of para-hydroxylation sites is 2. The molecule has 0 aromatic heterocycles. The molecule has 1 heterocycles. The predicted octanol–water partition coefficient (Wildman–Crippen LogP) is 2.37. The van der Waals surface area contributed by atoms with E-state index in [9.17, 15) is 9.59 Å². The minimum Gasteiger partial charge on any atom is -0.338 e. The molecule has 108 valence electrons. The summed E-state index contributed by atoms with van der Waals surface area (Å²) < 4.78 is 0. The molecule has 0 saturated heterocycles. The van der Waals surface area contributed by atoms with Crippen LogP contribution in [0.2, 0.25) is 0 Å². The normalized spacial score (nSPS) is 14.5. The van der Waals surface area contributed by atoms with Gasteiger partial charge >= 0.3 is 6.03 Å². The second-order valence-electron chi connectivity index (χ2n) is 5.16. The Kier molecular flexibility index (Phi) is 4.27. The molecule has 1 aliphatic heterocycles. The van der Waals surface area contributed by atoms with E-state index in [1.165, 1.54) is 4.90 Å². The maximum absolute atomic E-state index is 12.3. The van der Waals surface area contributed by atoms with Gasteiger partial charge in [-0.05, 0) is 32.4 Å². The molecule has 0 fully saturated rings. The van der Waals surface area contributed by atoms with Gasteiger partial charge in [0, 0.05) is 12.6 Å². The summed E-state index contributed by atoms with van der Waals surface area (Å²) in [6, 6.07) is 7.39. The third-order valence-electron chi connectivity index (χ3n) is 3.28. The lowest BCUT2D eigenvalue weighted by molar-refractivity contribution is -0.117. The van der Waals surface area contributed by atoms with Gasteiger partial charge in [0.2, 0.25) is 5.91 Å². The van der Waals surface area contributed by atoms with Crippen LogP contribution in [0, 0.1) is 0 Å². The predicted molar refractivity (Wildman–Crippen MR) is 80.1 cm³/mol. The zero-order chi connectivity index (χ0) is 14.7. The Morgan fingerprint density at radius 2 is 1.95 bits per heavy atom. The first-order valence-corrected chi connectivity index (χ1v) is 7.02. The van der Waals surface area contributed by atoms with Crippen molar-refractivity contribution in [1.82, 2.24) is 5.32 Å². The molecule has 1 aromatic carbocycles. The number of urea groups is 1. The molecule has 3 amide bonds. The number of hydrogen-bond acceptors (Lipinski definition) is 2. The Labute approximate surface area is 119 Å². The fourth-order valence-corrected chi connectivity index (χ4v) is 2.40. The zero-order valence-electron chi connectivity index (χ0n) is 12.2. The monoisotopic (exact) mass is 275 g/mol. The van der Waals surface area contributed by atoms with E-state index in [2.05, 4.69) is 5.32 Å². The molecule has 5 heteroatoms. The van der Waals surface area contributed by atoms with Crippen molar-refractivity contribution < 1.29 is 9.59 Å².